The lowest BCUT2D eigenvalue weighted by Gasteiger charge is -2.09. The number of ether oxygens (including phenoxy) is 1. The molecule has 1 rings (SSSR count). The minimum atomic E-state index is -3.71. The highest BCUT2D eigenvalue weighted by atomic mass is 32.2. The van der Waals surface area contributed by atoms with Crippen LogP contribution in [0.4, 0.5) is 0 Å². The van der Waals surface area contributed by atoms with Crippen molar-refractivity contribution in [2.24, 2.45) is 0 Å². The highest BCUT2D eigenvalue weighted by Gasteiger charge is 2.21. The molecule has 0 bridgehead atoms. The molecule has 18 heavy (non-hydrogen) atoms. The minimum absolute atomic E-state index is 0.0819. The van der Waals surface area contributed by atoms with E-state index in [0.29, 0.717) is 0 Å². The molecular weight excluding hydrogens is 260 g/mol. The van der Waals surface area contributed by atoms with Crippen molar-refractivity contribution in [1.29, 1.82) is 0 Å². The second kappa shape index (κ2) is 5.36. The van der Waals surface area contributed by atoms with E-state index in [1.807, 2.05) is 0 Å². The fraction of sp³-hybridized carbons (Fsp3) is 0.364. The molecule has 1 unspecified atom stereocenters. The van der Waals surface area contributed by atoms with Gasteiger partial charge in [-0.1, -0.05) is 0 Å². The molecule has 1 aromatic rings. The van der Waals surface area contributed by atoms with Crippen LogP contribution in [0, 0.1) is 0 Å². The van der Waals surface area contributed by atoms with Crippen LogP contribution in [0.3, 0.4) is 0 Å². The minimum Gasteiger partial charge on any atom is -0.496 e. The first kappa shape index (κ1) is 14.5. The summed E-state index contributed by atoms with van der Waals surface area (Å²) in [5.74, 6) is -1.65. The van der Waals surface area contributed by atoms with Crippen LogP contribution < -0.4 is 4.74 Å². The molecule has 0 spiro atoms. The Morgan fingerprint density at radius 1 is 1.44 bits per heavy atom. The molecule has 0 aliphatic carbocycles. The van der Waals surface area contributed by atoms with Crippen molar-refractivity contribution in [3.8, 4) is 5.75 Å². The van der Waals surface area contributed by atoms with E-state index in [-0.39, 0.29) is 16.2 Å². The molecule has 0 aromatic heterocycles. The molecule has 0 radical (unpaired) electrons. The Kier molecular flexibility index (Phi) is 4.31. The topological polar surface area (TPSA) is 101 Å². The van der Waals surface area contributed by atoms with Crippen LogP contribution in [0.15, 0.2) is 23.1 Å². The normalized spacial score (nSPS) is 13.1. The third kappa shape index (κ3) is 3.21. The number of rotatable bonds is 5. The molecule has 1 aromatic carbocycles. The number of carbonyl (C=O) groups is 1. The van der Waals surface area contributed by atoms with Gasteiger partial charge >= 0.3 is 5.97 Å². The van der Waals surface area contributed by atoms with Gasteiger partial charge in [-0.15, -0.1) is 0 Å². The van der Waals surface area contributed by atoms with E-state index < -0.39 is 27.7 Å². The van der Waals surface area contributed by atoms with Gasteiger partial charge in [0.25, 0.3) is 0 Å². The van der Waals surface area contributed by atoms with Gasteiger partial charge in [0.1, 0.15) is 11.3 Å². The van der Waals surface area contributed by atoms with Crippen LogP contribution in [0.1, 0.15) is 17.3 Å². The third-order valence-electron chi connectivity index (χ3n) is 2.22. The zero-order valence-corrected chi connectivity index (χ0v) is 10.8. The van der Waals surface area contributed by atoms with Gasteiger partial charge in [0.2, 0.25) is 0 Å². The summed E-state index contributed by atoms with van der Waals surface area (Å²) < 4.78 is 28.5. The van der Waals surface area contributed by atoms with E-state index in [2.05, 4.69) is 0 Å². The van der Waals surface area contributed by atoms with Crippen molar-refractivity contribution in [3.05, 3.63) is 23.8 Å². The fourth-order valence-electron chi connectivity index (χ4n) is 1.46. The fourth-order valence-corrected chi connectivity index (χ4v) is 2.86. The van der Waals surface area contributed by atoms with Crippen molar-refractivity contribution in [3.63, 3.8) is 0 Å². The number of methoxy groups -OCH3 is 1. The number of carboxylic acid groups (broad SMARTS) is 1. The number of hydrogen-bond acceptors (Lipinski definition) is 5. The Labute approximate surface area is 105 Å². The number of benzene rings is 1. The summed E-state index contributed by atoms with van der Waals surface area (Å²) in [6, 6.07) is 3.56. The Balaban J connectivity index is 3.28. The monoisotopic (exact) mass is 274 g/mol. The van der Waals surface area contributed by atoms with E-state index in [9.17, 15) is 13.2 Å². The average Bonchev–Trinajstić information content (AvgIpc) is 2.26. The van der Waals surface area contributed by atoms with Gasteiger partial charge in [0.15, 0.2) is 9.84 Å². The molecule has 6 nitrogen and oxygen atoms in total. The van der Waals surface area contributed by atoms with Crippen LogP contribution >= 0.6 is 0 Å². The van der Waals surface area contributed by atoms with E-state index >= 15 is 0 Å². The molecule has 0 aliphatic heterocycles. The second-order valence-electron chi connectivity index (χ2n) is 3.80. The Morgan fingerprint density at radius 2 is 2.06 bits per heavy atom. The molecule has 100 valence electrons. The molecule has 1 atom stereocenters. The maximum absolute atomic E-state index is 11.8. The lowest BCUT2D eigenvalue weighted by atomic mass is 10.2. The molecule has 0 heterocycles. The summed E-state index contributed by atoms with van der Waals surface area (Å²) in [5.41, 5.74) is -0.232. The molecule has 2 N–H and O–H groups in total. The lowest BCUT2D eigenvalue weighted by molar-refractivity contribution is 0.0693. The molecular formula is C11H14O6S. The molecule has 0 saturated heterocycles. The first-order valence-electron chi connectivity index (χ1n) is 5.10. The number of sulfone groups is 1. The van der Waals surface area contributed by atoms with Gasteiger partial charge in [-0.3, -0.25) is 0 Å². The predicted octanol–water partition coefficient (Wildman–Crippen LogP) is 0.548. The van der Waals surface area contributed by atoms with Gasteiger partial charge in [0.05, 0.1) is 23.9 Å². The maximum Gasteiger partial charge on any atom is 0.339 e. The standard InChI is InChI=1S/C11H14O6S/c1-7(12)6-18(15,16)8-3-4-10(17-2)9(5-8)11(13)14/h3-5,7,12H,6H2,1-2H3,(H,13,14). The zero-order valence-electron chi connectivity index (χ0n) is 9.95. The number of carboxylic acids is 1. The maximum atomic E-state index is 11.8. The highest BCUT2D eigenvalue weighted by molar-refractivity contribution is 7.91. The number of aliphatic hydroxyl groups is 1. The SMILES string of the molecule is COc1ccc(S(=O)(=O)CC(C)O)cc1C(=O)O. The van der Waals surface area contributed by atoms with E-state index in [4.69, 9.17) is 14.9 Å². The van der Waals surface area contributed by atoms with Crippen LogP contribution in [0.25, 0.3) is 0 Å². The van der Waals surface area contributed by atoms with Gasteiger partial charge < -0.3 is 14.9 Å². The van der Waals surface area contributed by atoms with Crippen molar-refractivity contribution in [2.75, 3.05) is 12.9 Å². The van der Waals surface area contributed by atoms with Crippen molar-refractivity contribution < 1.29 is 28.2 Å². The van der Waals surface area contributed by atoms with Crippen molar-refractivity contribution in [1.82, 2.24) is 0 Å². The summed E-state index contributed by atoms with van der Waals surface area (Å²) in [6.45, 7) is 1.35. The Morgan fingerprint density at radius 3 is 2.50 bits per heavy atom. The highest BCUT2D eigenvalue weighted by Crippen LogP contribution is 2.23. The van der Waals surface area contributed by atoms with Gasteiger partial charge in [-0.05, 0) is 25.1 Å². The summed E-state index contributed by atoms with van der Waals surface area (Å²) in [4.78, 5) is 10.8. The summed E-state index contributed by atoms with van der Waals surface area (Å²) in [5, 5.41) is 18.1. The largest absolute Gasteiger partial charge is 0.496 e. The Hall–Kier alpha value is -1.60. The molecule has 0 saturated carbocycles. The summed E-state index contributed by atoms with van der Waals surface area (Å²) in [6.07, 6.45) is -1.02. The zero-order chi connectivity index (χ0) is 13.9. The van der Waals surface area contributed by atoms with Crippen LogP contribution in [-0.2, 0) is 9.84 Å². The number of hydrogen-bond donors (Lipinski definition) is 2. The second-order valence-corrected chi connectivity index (χ2v) is 5.83. The summed E-state index contributed by atoms with van der Waals surface area (Å²) >= 11 is 0. The lowest BCUT2D eigenvalue weighted by Crippen LogP contribution is -2.18. The number of aromatic carboxylic acids is 1. The first-order chi connectivity index (χ1) is 8.27. The molecule has 0 aliphatic rings. The van der Waals surface area contributed by atoms with Gasteiger partial charge in [-0.25, -0.2) is 13.2 Å². The first-order valence-corrected chi connectivity index (χ1v) is 6.75. The van der Waals surface area contributed by atoms with Crippen LogP contribution in [-0.4, -0.2) is 43.6 Å². The average molecular weight is 274 g/mol. The van der Waals surface area contributed by atoms with Crippen molar-refractivity contribution in [2.45, 2.75) is 17.9 Å². The van der Waals surface area contributed by atoms with Gasteiger partial charge in [-0.2, -0.15) is 0 Å². The number of aliphatic hydroxyl groups excluding tert-OH is 1. The van der Waals surface area contributed by atoms with Crippen LogP contribution in [0.5, 0.6) is 5.75 Å². The van der Waals surface area contributed by atoms with Crippen LogP contribution in [0.2, 0.25) is 0 Å². The quantitative estimate of drug-likeness (QED) is 0.813. The summed E-state index contributed by atoms with van der Waals surface area (Å²) in [7, 11) is -2.41. The van der Waals surface area contributed by atoms with Gasteiger partial charge in [0, 0.05) is 0 Å². The molecule has 0 fully saturated rings. The molecule has 7 heteroatoms. The smallest absolute Gasteiger partial charge is 0.339 e. The van der Waals surface area contributed by atoms with E-state index in [0.717, 1.165) is 6.07 Å². The van der Waals surface area contributed by atoms with Crippen molar-refractivity contribution >= 4 is 15.8 Å². The Bertz CT molecular complexity index is 547. The molecule has 0 amide bonds. The third-order valence-corrected chi connectivity index (χ3v) is 4.11. The predicted molar refractivity (Wildman–Crippen MR) is 63.7 cm³/mol. The van der Waals surface area contributed by atoms with E-state index in [1.165, 1.54) is 26.2 Å². The van der Waals surface area contributed by atoms with E-state index in [1.54, 1.807) is 0 Å².